The minimum Gasteiger partial charge on any atom is -0.481 e. The van der Waals surface area contributed by atoms with Gasteiger partial charge in [-0.05, 0) is 38.3 Å². The van der Waals surface area contributed by atoms with Crippen LogP contribution in [0.2, 0.25) is 0 Å². The second-order valence-electron chi connectivity index (χ2n) is 5.59. The summed E-state index contributed by atoms with van der Waals surface area (Å²) in [5, 5.41) is 17.0. The van der Waals surface area contributed by atoms with Gasteiger partial charge in [-0.2, -0.15) is 5.10 Å². The van der Waals surface area contributed by atoms with E-state index in [0.29, 0.717) is 25.3 Å². The summed E-state index contributed by atoms with van der Waals surface area (Å²) in [6, 6.07) is 0. The monoisotopic (exact) mass is 264 g/mol. The molecule has 0 amide bonds. The van der Waals surface area contributed by atoms with Crippen LogP contribution >= 0.6 is 0 Å². The molecule has 0 aromatic carbocycles. The molecule has 3 rings (SSSR count). The third-order valence-electron chi connectivity index (χ3n) is 4.19. The van der Waals surface area contributed by atoms with Crippen LogP contribution in [0.4, 0.5) is 0 Å². The minimum atomic E-state index is -0.714. The van der Waals surface area contributed by atoms with Crippen LogP contribution in [-0.2, 0) is 24.2 Å². The van der Waals surface area contributed by atoms with Crippen LogP contribution in [0, 0.1) is 11.8 Å². The van der Waals surface area contributed by atoms with Gasteiger partial charge in [0, 0.05) is 19.4 Å². The average Bonchev–Trinajstić information content (AvgIpc) is 2.80. The van der Waals surface area contributed by atoms with Crippen LogP contribution in [0.3, 0.4) is 0 Å². The maximum atomic E-state index is 11.0. The Bertz CT molecular complexity index is 465. The number of hydrogen-bond donors (Lipinski definition) is 2. The van der Waals surface area contributed by atoms with E-state index in [2.05, 4.69) is 15.4 Å². The second kappa shape index (κ2) is 5.28. The Morgan fingerprint density at radius 2 is 2.16 bits per heavy atom. The number of carboxylic acids is 1. The summed E-state index contributed by atoms with van der Waals surface area (Å²) < 4.78 is 1.90. The molecule has 0 aliphatic carbocycles. The Balaban J connectivity index is 1.67. The number of piperidine rings is 1. The van der Waals surface area contributed by atoms with Crippen molar-refractivity contribution >= 4 is 5.97 Å². The number of nitrogens with one attached hydrogen (secondary N) is 1. The van der Waals surface area contributed by atoms with Gasteiger partial charge in [0.05, 0.1) is 5.92 Å². The highest BCUT2D eigenvalue weighted by molar-refractivity contribution is 5.70. The smallest absolute Gasteiger partial charge is 0.307 e. The molecule has 2 N–H and O–H groups in total. The summed E-state index contributed by atoms with van der Waals surface area (Å²) in [6.45, 7) is 2.85. The SMILES string of the molecule is O=C(O)C1CCn2nc(CC3CCNCC3)nc2C1. The minimum absolute atomic E-state index is 0.288. The van der Waals surface area contributed by atoms with Crippen LogP contribution in [0.25, 0.3) is 0 Å². The maximum Gasteiger partial charge on any atom is 0.307 e. The summed E-state index contributed by atoms with van der Waals surface area (Å²) in [6.07, 6.45) is 4.48. The molecule has 2 aliphatic rings. The van der Waals surface area contributed by atoms with Crippen molar-refractivity contribution in [3.05, 3.63) is 11.6 Å². The lowest BCUT2D eigenvalue weighted by atomic mass is 9.94. The normalized spacial score (nSPS) is 24.1. The van der Waals surface area contributed by atoms with Gasteiger partial charge in [0.25, 0.3) is 0 Å². The maximum absolute atomic E-state index is 11.0. The number of carbonyl (C=O) groups is 1. The summed E-state index contributed by atoms with van der Waals surface area (Å²) in [5.41, 5.74) is 0. The topological polar surface area (TPSA) is 80.0 Å². The Morgan fingerprint density at radius 1 is 1.37 bits per heavy atom. The first-order valence-electron chi connectivity index (χ1n) is 7.08. The van der Waals surface area contributed by atoms with Crippen molar-refractivity contribution in [3.63, 3.8) is 0 Å². The fourth-order valence-corrected chi connectivity index (χ4v) is 3.00. The fourth-order valence-electron chi connectivity index (χ4n) is 3.00. The Hall–Kier alpha value is -1.43. The van der Waals surface area contributed by atoms with Crippen LogP contribution in [-0.4, -0.2) is 38.9 Å². The molecule has 6 heteroatoms. The molecule has 1 fully saturated rings. The quantitative estimate of drug-likeness (QED) is 0.829. The van der Waals surface area contributed by atoms with Gasteiger partial charge in [0.15, 0.2) is 5.82 Å². The van der Waals surface area contributed by atoms with Crippen LogP contribution in [0.15, 0.2) is 0 Å². The molecular weight excluding hydrogens is 244 g/mol. The predicted molar refractivity (Wildman–Crippen MR) is 68.8 cm³/mol. The van der Waals surface area contributed by atoms with E-state index in [9.17, 15) is 4.79 Å². The van der Waals surface area contributed by atoms with Crippen molar-refractivity contribution in [2.45, 2.75) is 38.6 Å². The van der Waals surface area contributed by atoms with E-state index in [1.807, 2.05) is 4.68 Å². The molecule has 0 radical (unpaired) electrons. The molecule has 19 heavy (non-hydrogen) atoms. The third-order valence-corrected chi connectivity index (χ3v) is 4.19. The summed E-state index contributed by atoms with van der Waals surface area (Å²) in [4.78, 5) is 15.6. The highest BCUT2D eigenvalue weighted by Crippen LogP contribution is 2.21. The first kappa shape index (κ1) is 12.6. The van der Waals surface area contributed by atoms with Crippen molar-refractivity contribution in [2.75, 3.05) is 13.1 Å². The largest absolute Gasteiger partial charge is 0.481 e. The van der Waals surface area contributed by atoms with Crippen LogP contribution < -0.4 is 5.32 Å². The number of aliphatic carboxylic acids is 1. The molecule has 1 saturated heterocycles. The van der Waals surface area contributed by atoms with Crippen molar-refractivity contribution < 1.29 is 9.90 Å². The number of aryl methyl sites for hydroxylation is 1. The van der Waals surface area contributed by atoms with E-state index in [0.717, 1.165) is 31.2 Å². The Morgan fingerprint density at radius 3 is 2.89 bits per heavy atom. The van der Waals surface area contributed by atoms with E-state index < -0.39 is 5.97 Å². The highest BCUT2D eigenvalue weighted by atomic mass is 16.4. The summed E-state index contributed by atoms with van der Waals surface area (Å²) >= 11 is 0. The van der Waals surface area contributed by atoms with Gasteiger partial charge < -0.3 is 10.4 Å². The van der Waals surface area contributed by atoms with Crippen molar-refractivity contribution in [3.8, 4) is 0 Å². The molecule has 104 valence electrons. The van der Waals surface area contributed by atoms with Gasteiger partial charge in [-0.25, -0.2) is 9.67 Å². The summed E-state index contributed by atoms with van der Waals surface area (Å²) in [7, 11) is 0. The Labute approximate surface area is 112 Å². The molecular formula is C13H20N4O2. The third kappa shape index (κ3) is 2.78. The van der Waals surface area contributed by atoms with Gasteiger partial charge in [-0.3, -0.25) is 4.79 Å². The number of carboxylic acid groups (broad SMARTS) is 1. The molecule has 3 heterocycles. The number of nitrogens with zero attached hydrogens (tertiary/aromatic N) is 3. The lowest BCUT2D eigenvalue weighted by Crippen LogP contribution is -2.28. The molecule has 1 atom stereocenters. The van der Waals surface area contributed by atoms with Crippen molar-refractivity contribution in [1.82, 2.24) is 20.1 Å². The number of aromatic nitrogens is 3. The molecule has 0 spiro atoms. The molecule has 1 aromatic rings. The molecule has 6 nitrogen and oxygen atoms in total. The fraction of sp³-hybridized carbons (Fsp3) is 0.769. The number of rotatable bonds is 3. The van der Waals surface area contributed by atoms with Crippen molar-refractivity contribution in [1.29, 1.82) is 0 Å². The zero-order valence-electron chi connectivity index (χ0n) is 11.0. The zero-order valence-corrected chi connectivity index (χ0v) is 11.0. The Kier molecular flexibility index (Phi) is 3.50. The van der Waals surface area contributed by atoms with E-state index in [-0.39, 0.29) is 5.92 Å². The zero-order chi connectivity index (χ0) is 13.2. The lowest BCUT2D eigenvalue weighted by molar-refractivity contribution is -0.142. The first-order chi connectivity index (χ1) is 9.22. The highest BCUT2D eigenvalue weighted by Gasteiger charge is 2.27. The average molecular weight is 264 g/mol. The van der Waals surface area contributed by atoms with E-state index >= 15 is 0 Å². The standard InChI is InChI=1S/C13H20N4O2/c18-13(19)10-3-6-17-12(8-10)15-11(16-17)7-9-1-4-14-5-2-9/h9-10,14H,1-8H2,(H,18,19). The molecule has 1 aromatic heterocycles. The van der Waals surface area contributed by atoms with Gasteiger partial charge in [0.1, 0.15) is 5.82 Å². The first-order valence-corrected chi connectivity index (χ1v) is 7.08. The molecule has 2 aliphatic heterocycles. The van der Waals surface area contributed by atoms with Gasteiger partial charge in [-0.1, -0.05) is 0 Å². The molecule has 1 unspecified atom stereocenters. The predicted octanol–water partition coefficient (Wildman–Crippen LogP) is 0.467. The van der Waals surface area contributed by atoms with Crippen molar-refractivity contribution in [2.24, 2.45) is 11.8 Å². The van der Waals surface area contributed by atoms with Gasteiger partial charge in [-0.15, -0.1) is 0 Å². The van der Waals surface area contributed by atoms with Gasteiger partial charge in [0.2, 0.25) is 0 Å². The second-order valence-corrected chi connectivity index (χ2v) is 5.59. The van der Waals surface area contributed by atoms with E-state index in [1.165, 1.54) is 12.8 Å². The number of hydrogen-bond acceptors (Lipinski definition) is 4. The molecule has 0 saturated carbocycles. The molecule has 0 bridgehead atoms. The van der Waals surface area contributed by atoms with E-state index in [4.69, 9.17) is 5.11 Å². The van der Waals surface area contributed by atoms with E-state index in [1.54, 1.807) is 0 Å². The van der Waals surface area contributed by atoms with Crippen LogP contribution in [0.1, 0.15) is 30.9 Å². The lowest BCUT2D eigenvalue weighted by Gasteiger charge is -2.21. The van der Waals surface area contributed by atoms with Crippen LogP contribution in [0.5, 0.6) is 0 Å². The summed E-state index contributed by atoms with van der Waals surface area (Å²) in [5.74, 6) is 1.41. The number of fused-ring (bicyclic) bond motifs is 1. The van der Waals surface area contributed by atoms with Gasteiger partial charge >= 0.3 is 5.97 Å².